The van der Waals surface area contributed by atoms with Gasteiger partial charge in [0.1, 0.15) is 0 Å². The molecule has 0 spiro atoms. The number of benzene rings is 1. The maximum atomic E-state index is 12.6. The van der Waals surface area contributed by atoms with Gasteiger partial charge in [-0.05, 0) is 42.0 Å². The van der Waals surface area contributed by atoms with E-state index in [4.69, 9.17) is 0 Å². The van der Waals surface area contributed by atoms with Gasteiger partial charge >= 0.3 is 6.18 Å². The SMILES string of the molecule is CCN(Cc1cccs1)C(=O)CC(C)c1ccc(C(F)(F)F)cc1. The summed E-state index contributed by atoms with van der Waals surface area (Å²) < 4.78 is 37.8. The second-order valence-corrected chi connectivity index (χ2v) is 6.74. The first-order chi connectivity index (χ1) is 11.3. The van der Waals surface area contributed by atoms with Crippen molar-refractivity contribution in [2.24, 2.45) is 0 Å². The van der Waals surface area contributed by atoms with E-state index >= 15 is 0 Å². The molecule has 1 aromatic heterocycles. The van der Waals surface area contributed by atoms with Gasteiger partial charge in [-0.2, -0.15) is 13.2 Å². The zero-order valence-electron chi connectivity index (χ0n) is 13.6. The molecular weight excluding hydrogens is 335 g/mol. The lowest BCUT2D eigenvalue weighted by atomic mass is 9.96. The smallest absolute Gasteiger partial charge is 0.338 e. The van der Waals surface area contributed by atoms with Gasteiger partial charge in [0.25, 0.3) is 0 Å². The highest BCUT2D eigenvalue weighted by atomic mass is 32.1. The van der Waals surface area contributed by atoms with E-state index in [2.05, 4.69) is 0 Å². The van der Waals surface area contributed by atoms with Crippen molar-refractivity contribution in [2.45, 2.75) is 38.9 Å². The molecule has 1 amide bonds. The van der Waals surface area contributed by atoms with E-state index in [0.29, 0.717) is 13.1 Å². The topological polar surface area (TPSA) is 20.3 Å². The third kappa shape index (κ3) is 4.84. The fourth-order valence-corrected chi connectivity index (χ4v) is 3.20. The molecule has 2 rings (SSSR count). The van der Waals surface area contributed by atoms with E-state index in [0.717, 1.165) is 22.6 Å². The van der Waals surface area contributed by atoms with Crippen LogP contribution in [0.4, 0.5) is 13.2 Å². The average Bonchev–Trinajstić information content (AvgIpc) is 3.04. The Kier molecular flexibility index (Phi) is 6.04. The first-order valence-corrected chi connectivity index (χ1v) is 8.66. The number of hydrogen-bond donors (Lipinski definition) is 0. The standard InChI is InChI=1S/C18H20F3NOS/c1-3-22(12-16-5-4-10-24-16)17(23)11-13(2)14-6-8-15(9-7-14)18(19,20)21/h4-10,13H,3,11-12H2,1-2H3. The van der Waals surface area contributed by atoms with Gasteiger partial charge < -0.3 is 4.90 Å². The van der Waals surface area contributed by atoms with Crippen LogP contribution in [0.1, 0.15) is 42.2 Å². The van der Waals surface area contributed by atoms with E-state index < -0.39 is 11.7 Å². The minimum atomic E-state index is -4.34. The van der Waals surface area contributed by atoms with Crippen LogP contribution in [0.5, 0.6) is 0 Å². The Morgan fingerprint density at radius 2 is 1.88 bits per heavy atom. The molecule has 6 heteroatoms. The molecule has 0 aliphatic heterocycles. The number of amides is 1. The second kappa shape index (κ2) is 7.83. The molecule has 0 N–H and O–H groups in total. The van der Waals surface area contributed by atoms with Gasteiger partial charge in [-0.1, -0.05) is 25.1 Å². The Morgan fingerprint density at radius 3 is 2.38 bits per heavy atom. The van der Waals surface area contributed by atoms with Gasteiger partial charge in [0.15, 0.2) is 0 Å². The summed E-state index contributed by atoms with van der Waals surface area (Å²) in [6.45, 7) is 4.97. The lowest BCUT2D eigenvalue weighted by Gasteiger charge is -2.22. The maximum Gasteiger partial charge on any atom is 0.416 e. The van der Waals surface area contributed by atoms with Gasteiger partial charge in [-0.25, -0.2) is 0 Å². The zero-order valence-corrected chi connectivity index (χ0v) is 14.5. The zero-order chi connectivity index (χ0) is 17.7. The second-order valence-electron chi connectivity index (χ2n) is 5.71. The molecule has 0 saturated heterocycles. The summed E-state index contributed by atoms with van der Waals surface area (Å²) >= 11 is 1.60. The molecule has 0 fully saturated rings. The predicted molar refractivity (Wildman–Crippen MR) is 89.9 cm³/mol. The highest BCUT2D eigenvalue weighted by molar-refractivity contribution is 7.09. The first-order valence-electron chi connectivity index (χ1n) is 7.78. The van der Waals surface area contributed by atoms with E-state index in [1.165, 1.54) is 12.1 Å². The summed E-state index contributed by atoms with van der Waals surface area (Å²) in [5.41, 5.74) is 0.0705. The monoisotopic (exact) mass is 355 g/mol. The molecule has 24 heavy (non-hydrogen) atoms. The van der Waals surface area contributed by atoms with Crippen molar-refractivity contribution in [2.75, 3.05) is 6.54 Å². The van der Waals surface area contributed by atoms with Gasteiger partial charge in [-0.3, -0.25) is 4.79 Å². The van der Waals surface area contributed by atoms with Gasteiger partial charge in [0.05, 0.1) is 12.1 Å². The number of halogens is 3. The van der Waals surface area contributed by atoms with Crippen molar-refractivity contribution in [1.82, 2.24) is 4.90 Å². The lowest BCUT2D eigenvalue weighted by Crippen LogP contribution is -2.30. The van der Waals surface area contributed by atoms with Crippen LogP contribution >= 0.6 is 11.3 Å². The maximum absolute atomic E-state index is 12.6. The number of thiophene rings is 1. The normalized spacial score (nSPS) is 12.9. The van der Waals surface area contributed by atoms with Crippen LogP contribution in [-0.2, 0) is 17.5 Å². The Balaban J connectivity index is 1.99. The number of carbonyl (C=O) groups excluding carboxylic acids is 1. The molecule has 2 aromatic rings. The van der Waals surface area contributed by atoms with Crippen molar-refractivity contribution in [3.8, 4) is 0 Å². The van der Waals surface area contributed by atoms with Crippen LogP contribution < -0.4 is 0 Å². The van der Waals surface area contributed by atoms with E-state index in [1.54, 1.807) is 16.2 Å². The van der Waals surface area contributed by atoms with Crippen LogP contribution in [0.15, 0.2) is 41.8 Å². The molecule has 0 radical (unpaired) electrons. The minimum Gasteiger partial charge on any atom is -0.338 e. The number of rotatable bonds is 6. The van der Waals surface area contributed by atoms with Gasteiger partial charge in [-0.15, -0.1) is 11.3 Å². The number of hydrogen-bond acceptors (Lipinski definition) is 2. The van der Waals surface area contributed by atoms with Gasteiger partial charge in [0.2, 0.25) is 5.91 Å². The molecule has 0 aliphatic rings. The largest absolute Gasteiger partial charge is 0.416 e. The summed E-state index contributed by atoms with van der Waals surface area (Å²) in [7, 11) is 0. The van der Waals surface area contributed by atoms with E-state index in [9.17, 15) is 18.0 Å². The molecule has 0 bridgehead atoms. The summed E-state index contributed by atoms with van der Waals surface area (Å²) in [6.07, 6.45) is -4.05. The van der Waals surface area contributed by atoms with E-state index in [1.807, 2.05) is 31.4 Å². The molecular formula is C18H20F3NOS. The first kappa shape index (κ1) is 18.5. The fraction of sp³-hybridized carbons (Fsp3) is 0.389. The van der Waals surface area contributed by atoms with Crippen molar-refractivity contribution >= 4 is 17.2 Å². The quantitative estimate of drug-likeness (QED) is 0.688. The Labute approximate surface area is 143 Å². The van der Waals surface area contributed by atoms with Crippen molar-refractivity contribution in [1.29, 1.82) is 0 Å². The third-order valence-corrected chi connectivity index (χ3v) is 4.81. The van der Waals surface area contributed by atoms with Gasteiger partial charge in [0, 0.05) is 17.8 Å². The molecule has 1 atom stereocenters. The Hall–Kier alpha value is -1.82. The summed E-state index contributed by atoms with van der Waals surface area (Å²) in [5.74, 6) is -0.115. The number of nitrogens with zero attached hydrogens (tertiary/aromatic N) is 1. The molecule has 1 aromatic carbocycles. The summed E-state index contributed by atoms with van der Waals surface area (Å²) in [4.78, 5) is 15.3. The lowest BCUT2D eigenvalue weighted by molar-refractivity contribution is -0.137. The molecule has 0 aliphatic carbocycles. The fourth-order valence-electron chi connectivity index (χ4n) is 2.48. The molecule has 1 heterocycles. The van der Waals surface area contributed by atoms with E-state index in [-0.39, 0.29) is 18.2 Å². The molecule has 2 nitrogen and oxygen atoms in total. The van der Waals surface area contributed by atoms with Crippen LogP contribution in [0.25, 0.3) is 0 Å². The van der Waals surface area contributed by atoms with Crippen LogP contribution in [0.3, 0.4) is 0 Å². The predicted octanol–water partition coefficient (Wildman–Crippen LogP) is 5.31. The minimum absolute atomic E-state index is 0.0123. The molecule has 130 valence electrons. The highest BCUT2D eigenvalue weighted by Crippen LogP contribution is 2.30. The summed E-state index contributed by atoms with van der Waals surface area (Å²) in [6, 6.07) is 8.98. The Morgan fingerprint density at radius 1 is 1.21 bits per heavy atom. The van der Waals surface area contributed by atoms with Crippen LogP contribution in [0.2, 0.25) is 0 Å². The summed E-state index contributed by atoms with van der Waals surface area (Å²) in [5, 5.41) is 1.97. The molecule has 1 unspecified atom stereocenters. The van der Waals surface area contributed by atoms with Crippen LogP contribution in [-0.4, -0.2) is 17.4 Å². The molecule has 0 saturated carbocycles. The number of alkyl halides is 3. The third-order valence-electron chi connectivity index (χ3n) is 3.95. The van der Waals surface area contributed by atoms with Crippen LogP contribution in [0, 0.1) is 0 Å². The number of carbonyl (C=O) groups is 1. The van der Waals surface area contributed by atoms with Crippen molar-refractivity contribution in [3.63, 3.8) is 0 Å². The highest BCUT2D eigenvalue weighted by Gasteiger charge is 2.30. The average molecular weight is 355 g/mol. The Bertz CT molecular complexity index is 650. The van der Waals surface area contributed by atoms with Crippen molar-refractivity contribution < 1.29 is 18.0 Å². The van der Waals surface area contributed by atoms with Crippen molar-refractivity contribution in [3.05, 3.63) is 57.8 Å².